The van der Waals surface area contributed by atoms with E-state index in [1.54, 1.807) is 18.6 Å². The zero-order valence-electron chi connectivity index (χ0n) is 21.3. The number of H-pyrrole nitrogens is 2. The molecule has 5 aromatic rings. The number of rotatable bonds is 4. The number of amides is 1. The van der Waals surface area contributed by atoms with Crippen molar-refractivity contribution in [1.82, 2.24) is 30.1 Å². The molecule has 9 heteroatoms. The number of carbonyl (C=O) groups excluding carboxylic acids is 1. The molecule has 0 radical (unpaired) electrons. The minimum Gasteiger partial charge on any atom is -0.370 e. The number of aromatic nitrogens is 6. The van der Waals surface area contributed by atoms with Crippen LogP contribution in [-0.2, 0) is 4.79 Å². The number of piperidine rings is 1. The second-order valence-corrected chi connectivity index (χ2v) is 10.7. The van der Waals surface area contributed by atoms with Crippen molar-refractivity contribution in [3.05, 3.63) is 49.2 Å². The standard InChI is InChI=1S/C28H30N8O/c1-28(2,3)27(37)32-18-9-17(12-29-13-18)21-11-20-24(15-31-21)34-35-26(20)22-10-19-23(33-22)14-30-16-25(19)36-7-5-4-6-8-36/h9-16,33H,4-8H2,1-3H3,(H,32,37)(H,34,35). The second-order valence-electron chi connectivity index (χ2n) is 10.7. The summed E-state index contributed by atoms with van der Waals surface area (Å²) in [5.41, 5.74) is 6.46. The van der Waals surface area contributed by atoms with E-state index in [0.717, 1.165) is 57.5 Å². The van der Waals surface area contributed by atoms with E-state index in [2.05, 4.69) is 46.4 Å². The zero-order valence-corrected chi connectivity index (χ0v) is 21.3. The Kier molecular flexibility index (Phi) is 5.62. The Labute approximate surface area is 214 Å². The van der Waals surface area contributed by atoms with Crippen LogP contribution in [0.15, 0.2) is 49.2 Å². The van der Waals surface area contributed by atoms with Crippen LogP contribution in [0.2, 0.25) is 0 Å². The molecule has 0 atom stereocenters. The van der Waals surface area contributed by atoms with E-state index in [-0.39, 0.29) is 5.91 Å². The lowest BCUT2D eigenvalue weighted by molar-refractivity contribution is -0.123. The number of nitrogens with zero attached hydrogens (tertiary/aromatic N) is 5. The monoisotopic (exact) mass is 494 g/mol. The molecule has 1 saturated heterocycles. The lowest BCUT2D eigenvalue weighted by Crippen LogP contribution is -2.29. The van der Waals surface area contributed by atoms with Crippen LogP contribution in [0.3, 0.4) is 0 Å². The molecule has 0 spiro atoms. The van der Waals surface area contributed by atoms with Gasteiger partial charge < -0.3 is 15.2 Å². The molecule has 188 valence electrons. The molecule has 9 nitrogen and oxygen atoms in total. The summed E-state index contributed by atoms with van der Waals surface area (Å²) in [6.07, 6.45) is 12.7. The number of fused-ring (bicyclic) bond motifs is 2. The summed E-state index contributed by atoms with van der Waals surface area (Å²) in [5.74, 6) is -0.0656. The number of hydrogen-bond donors (Lipinski definition) is 3. The van der Waals surface area contributed by atoms with E-state index in [1.165, 1.54) is 24.9 Å². The van der Waals surface area contributed by atoms with Gasteiger partial charge in [-0.15, -0.1) is 0 Å². The normalized spacial score (nSPS) is 14.4. The molecule has 0 unspecified atom stereocenters. The molecule has 6 heterocycles. The number of nitrogens with one attached hydrogen (secondary N) is 3. The fourth-order valence-electron chi connectivity index (χ4n) is 4.80. The first kappa shape index (κ1) is 23.1. The fraction of sp³-hybridized carbons (Fsp3) is 0.321. The van der Waals surface area contributed by atoms with E-state index in [0.29, 0.717) is 5.69 Å². The van der Waals surface area contributed by atoms with Crippen molar-refractivity contribution in [1.29, 1.82) is 0 Å². The van der Waals surface area contributed by atoms with E-state index >= 15 is 0 Å². The first-order valence-electron chi connectivity index (χ1n) is 12.7. The third-order valence-electron chi connectivity index (χ3n) is 6.90. The van der Waals surface area contributed by atoms with Gasteiger partial charge >= 0.3 is 0 Å². The molecule has 6 rings (SSSR count). The van der Waals surface area contributed by atoms with Gasteiger partial charge in [-0.25, -0.2) is 0 Å². The van der Waals surface area contributed by atoms with E-state index in [9.17, 15) is 4.79 Å². The molecule has 1 amide bonds. The van der Waals surface area contributed by atoms with E-state index in [4.69, 9.17) is 0 Å². The molecular weight excluding hydrogens is 464 g/mol. The topological polar surface area (TPSA) is 115 Å². The van der Waals surface area contributed by atoms with Gasteiger partial charge in [-0.3, -0.25) is 24.8 Å². The van der Waals surface area contributed by atoms with E-state index < -0.39 is 5.41 Å². The maximum atomic E-state index is 12.4. The highest BCUT2D eigenvalue weighted by atomic mass is 16.2. The summed E-state index contributed by atoms with van der Waals surface area (Å²) < 4.78 is 0. The second kappa shape index (κ2) is 8.99. The lowest BCUT2D eigenvalue weighted by Gasteiger charge is -2.28. The Morgan fingerprint density at radius 2 is 1.73 bits per heavy atom. The van der Waals surface area contributed by atoms with Gasteiger partial charge in [-0.2, -0.15) is 5.10 Å². The molecule has 5 aromatic heterocycles. The summed E-state index contributed by atoms with van der Waals surface area (Å²) in [4.78, 5) is 31.8. The maximum absolute atomic E-state index is 12.4. The van der Waals surface area contributed by atoms with Gasteiger partial charge in [0.2, 0.25) is 5.91 Å². The van der Waals surface area contributed by atoms with Crippen LogP contribution in [0.25, 0.3) is 44.5 Å². The van der Waals surface area contributed by atoms with E-state index in [1.807, 2.05) is 45.3 Å². The highest BCUT2D eigenvalue weighted by Crippen LogP contribution is 2.34. The maximum Gasteiger partial charge on any atom is 0.229 e. The first-order chi connectivity index (χ1) is 17.9. The molecule has 0 bridgehead atoms. The highest BCUT2D eigenvalue weighted by molar-refractivity contribution is 6.00. The van der Waals surface area contributed by atoms with Gasteiger partial charge in [-0.1, -0.05) is 20.8 Å². The number of aromatic amines is 2. The summed E-state index contributed by atoms with van der Waals surface area (Å²) in [6.45, 7) is 7.76. The number of pyridine rings is 3. The Morgan fingerprint density at radius 1 is 0.919 bits per heavy atom. The quantitative estimate of drug-likeness (QED) is 0.302. The number of anilines is 2. The van der Waals surface area contributed by atoms with Crippen molar-refractivity contribution in [2.75, 3.05) is 23.3 Å². The average molecular weight is 495 g/mol. The summed E-state index contributed by atoms with van der Waals surface area (Å²) in [5, 5.41) is 12.8. The minimum absolute atomic E-state index is 0.0656. The van der Waals surface area contributed by atoms with Crippen LogP contribution in [0, 0.1) is 5.41 Å². The summed E-state index contributed by atoms with van der Waals surface area (Å²) in [6, 6.07) is 6.07. The van der Waals surface area contributed by atoms with Crippen molar-refractivity contribution >= 4 is 39.1 Å². The predicted molar refractivity (Wildman–Crippen MR) is 146 cm³/mol. The third-order valence-corrected chi connectivity index (χ3v) is 6.90. The average Bonchev–Trinajstić information content (AvgIpc) is 3.52. The molecular formula is C28H30N8O. The Balaban J connectivity index is 1.37. The molecule has 0 aromatic carbocycles. The lowest BCUT2D eigenvalue weighted by atomic mass is 9.95. The third kappa shape index (κ3) is 4.41. The molecule has 1 aliphatic heterocycles. The SMILES string of the molecule is CC(C)(C)C(=O)Nc1cncc(-c2cc3c(-c4cc5c(N6CCCCC6)cncc5[nH]4)n[nH]c3cn2)c1. The first-order valence-corrected chi connectivity index (χ1v) is 12.7. The summed E-state index contributed by atoms with van der Waals surface area (Å²) >= 11 is 0. The van der Waals surface area contributed by atoms with Crippen molar-refractivity contribution in [2.24, 2.45) is 5.41 Å². The molecule has 37 heavy (non-hydrogen) atoms. The van der Waals surface area contributed by atoms with Gasteiger partial charge in [0, 0.05) is 41.0 Å². The molecule has 0 saturated carbocycles. The van der Waals surface area contributed by atoms with Gasteiger partial charge in [0.25, 0.3) is 0 Å². The Morgan fingerprint density at radius 3 is 2.54 bits per heavy atom. The van der Waals surface area contributed by atoms with Crippen molar-refractivity contribution in [3.8, 4) is 22.6 Å². The van der Waals surface area contributed by atoms with Crippen molar-refractivity contribution in [2.45, 2.75) is 40.0 Å². The molecule has 1 fully saturated rings. The predicted octanol–water partition coefficient (Wildman–Crippen LogP) is 5.54. The number of hydrogen-bond acceptors (Lipinski definition) is 6. The molecule has 0 aliphatic carbocycles. The highest BCUT2D eigenvalue weighted by Gasteiger charge is 2.22. The summed E-state index contributed by atoms with van der Waals surface area (Å²) in [7, 11) is 0. The van der Waals surface area contributed by atoms with Crippen molar-refractivity contribution < 1.29 is 4.79 Å². The van der Waals surface area contributed by atoms with Gasteiger partial charge in [0.15, 0.2) is 0 Å². The van der Waals surface area contributed by atoms with Crippen LogP contribution in [-0.4, -0.2) is 49.1 Å². The fourth-order valence-corrected chi connectivity index (χ4v) is 4.80. The van der Waals surface area contributed by atoms with Gasteiger partial charge in [-0.05, 0) is 37.5 Å². The van der Waals surface area contributed by atoms with Crippen molar-refractivity contribution in [3.63, 3.8) is 0 Å². The molecule has 1 aliphatic rings. The van der Waals surface area contributed by atoms with Gasteiger partial charge in [0.05, 0.1) is 58.6 Å². The van der Waals surface area contributed by atoms with Crippen LogP contribution >= 0.6 is 0 Å². The zero-order chi connectivity index (χ0) is 25.6. The number of carbonyl (C=O) groups is 1. The smallest absolute Gasteiger partial charge is 0.229 e. The van der Waals surface area contributed by atoms with Crippen LogP contribution < -0.4 is 10.2 Å². The van der Waals surface area contributed by atoms with Crippen LogP contribution in [0.5, 0.6) is 0 Å². The Bertz CT molecular complexity index is 1600. The minimum atomic E-state index is -0.498. The Hall–Kier alpha value is -4.27. The molecule has 3 N–H and O–H groups in total. The van der Waals surface area contributed by atoms with Crippen LogP contribution in [0.1, 0.15) is 40.0 Å². The van der Waals surface area contributed by atoms with Gasteiger partial charge in [0.1, 0.15) is 5.69 Å². The van der Waals surface area contributed by atoms with Crippen LogP contribution in [0.4, 0.5) is 11.4 Å². The largest absolute Gasteiger partial charge is 0.370 e.